The van der Waals surface area contributed by atoms with E-state index in [1.54, 1.807) is 18.5 Å². The van der Waals surface area contributed by atoms with Gasteiger partial charge in [-0.2, -0.15) is 10.2 Å². The second kappa shape index (κ2) is 15.4. The molecule has 3 aromatic carbocycles. The molecule has 1 aromatic heterocycles. The van der Waals surface area contributed by atoms with Gasteiger partial charge in [0.05, 0.1) is 12.4 Å². The molecule has 2 fully saturated rings. The summed E-state index contributed by atoms with van der Waals surface area (Å²) in [5, 5.41) is 9.33. The number of nitrogens with one attached hydrogen (secondary N) is 3. The molecule has 6 rings (SSSR count). The van der Waals surface area contributed by atoms with Crippen LogP contribution in [0.25, 0.3) is 10.9 Å². The lowest BCUT2D eigenvalue weighted by atomic mass is 10.1. The van der Waals surface area contributed by atoms with E-state index in [4.69, 9.17) is 0 Å². The van der Waals surface area contributed by atoms with Gasteiger partial charge in [-0.1, -0.05) is 24.3 Å². The second-order valence-corrected chi connectivity index (χ2v) is 12.2. The van der Waals surface area contributed by atoms with Crippen molar-refractivity contribution in [3.63, 3.8) is 0 Å². The number of hydrogen-bond donors (Lipinski definition) is 3. The van der Waals surface area contributed by atoms with Gasteiger partial charge in [-0.25, -0.2) is 10.9 Å². The maximum atomic E-state index is 12.8. The van der Waals surface area contributed by atoms with E-state index in [1.807, 2.05) is 42.5 Å². The highest BCUT2D eigenvalue weighted by Crippen LogP contribution is 2.22. The number of fused-ring (bicyclic) bond motifs is 1. The molecule has 4 aromatic rings. The van der Waals surface area contributed by atoms with Crippen LogP contribution >= 0.6 is 0 Å². The van der Waals surface area contributed by atoms with Crippen LogP contribution in [0.3, 0.4) is 0 Å². The molecule has 46 heavy (non-hydrogen) atoms. The summed E-state index contributed by atoms with van der Waals surface area (Å²) in [5.74, 6) is -0.374. The molecule has 2 aliphatic rings. The van der Waals surface area contributed by atoms with Crippen molar-refractivity contribution in [1.29, 1.82) is 0 Å². The standard InChI is InChI=1S/C37H43N7O2/c45-36(41-38-26-28-10-7-13-33(22-28)43-18-3-1-4-19-43)15-9-12-32-25-31-24-30(16-17-35(31)40-32)37(46)42-39-27-29-11-8-14-34(23-29)44-20-5-2-6-21-44/h7-8,10-11,13-14,16-17,22-27,40H,1-6,9,12,15,18-21H2,(H,41,45)(H,42,46). The quantitative estimate of drug-likeness (QED) is 0.134. The number of piperidine rings is 2. The third-order valence-electron chi connectivity index (χ3n) is 8.75. The van der Waals surface area contributed by atoms with E-state index < -0.39 is 0 Å². The predicted octanol–water partition coefficient (Wildman–Crippen LogP) is 6.39. The third-order valence-corrected chi connectivity index (χ3v) is 8.75. The van der Waals surface area contributed by atoms with E-state index in [0.717, 1.165) is 53.9 Å². The van der Waals surface area contributed by atoms with Gasteiger partial charge in [0.25, 0.3) is 5.91 Å². The first-order valence-electron chi connectivity index (χ1n) is 16.6. The van der Waals surface area contributed by atoms with Crippen LogP contribution in [0.2, 0.25) is 0 Å². The minimum absolute atomic E-state index is 0.114. The number of aryl methyl sites for hydroxylation is 1. The van der Waals surface area contributed by atoms with Gasteiger partial charge in [-0.05, 0) is 111 Å². The zero-order valence-electron chi connectivity index (χ0n) is 26.4. The highest BCUT2D eigenvalue weighted by molar-refractivity contribution is 5.98. The number of aromatic nitrogens is 1. The van der Waals surface area contributed by atoms with Crippen LogP contribution in [-0.2, 0) is 11.2 Å². The van der Waals surface area contributed by atoms with Gasteiger partial charge in [0.2, 0.25) is 5.91 Å². The van der Waals surface area contributed by atoms with E-state index >= 15 is 0 Å². The van der Waals surface area contributed by atoms with E-state index in [-0.39, 0.29) is 11.8 Å². The number of hydrogen-bond acceptors (Lipinski definition) is 6. The Labute approximate surface area is 270 Å². The molecule has 3 heterocycles. The Bertz CT molecular complexity index is 1700. The number of carbonyl (C=O) groups is 2. The summed E-state index contributed by atoms with van der Waals surface area (Å²) in [6, 6.07) is 24.1. The smallest absolute Gasteiger partial charge is 0.271 e. The zero-order valence-corrected chi connectivity index (χ0v) is 26.4. The first-order valence-corrected chi connectivity index (χ1v) is 16.6. The maximum Gasteiger partial charge on any atom is 0.271 e. The largest absolute Gasteiger partial charge is 0.372 e. The van der Waals surface area contributed by atoms with Crippen LogP contribution in [0.1, 0.15) is 78.5 Å². The van der Waals surface area contributed by atoms with Crippen molar-refractivity contribution < 1.29 is 9.59 Å². The summed E-state index contributed by atoms with van der Waals surface area (Å²) < 4.78 is 0. The van der Waals surface area contributed by atoms with Crippen LogP contribution < -0.4 is 20.7 Å². The number of nitrogens with zero attached hydrogens (tertiary/aromatic N) is 4. The van der Waals surface area contributed by atoms with Crippen molar-refractivity contribution in [3.8, 4) is 0 Å². The van der Waals surface area contributed by atoms with Crippen LogP contribution in [0, 0.1) is 0 Å². The molecule has 2 amide bonds. The summed E-state index contributed by atoms with van der Waals surface area (Å²) >= 11 is 0. The molecule has 0 saturated carbocycles. The van der Waals surface area contributed by atoms with E-state index in [1.165, 1.54) is 49.9 Å². The first-order chi connectivity index (χ1) is 22.6. The van der Waals surface area contributed by atoms with Gasteiger partial charge < -0.3 is 14.8 Å². The molecule has 0 aliphatic carbocycles. The van der Waals surface area contributed by atoms with Crippen molar-refractivity contribution in [2.75, 3.05) is 36.0 Å². The lowest BCUT2D eigenvalue weighted by Crippen LogP contribution is -2.29. The average molecular weight is 618 g/mol. The second-order valence-electron chi connectivity index (χ2n) is 12.2. The highest BCUT2D eigenvalue weighted by Gasteiger charge is 2.13. The lowest BCUT2D eigenvalue weighted by molar-refractivity contribution is -0.121. The van der Waals surface area contributed by atoms with Crippen LogP contribution in [0.5, 0.6) is 0 Å². The fraction of sp³-hybridized carbons (Fsp3) is 0.351. The number of rotatable bonds is 11. The minimum Gasteiger partial charge on any atom is -0.372 e. The van der Waals surface area contributed by atoms with Gasteiger partial charge in [-0.3, -0.25) is 9.59 Å². The monoisotopic (exact) mass is 617 g/mol. The number of carbonyl (C=O) groups excluding carboxylic acids is 2. The fourth-order valence-corrected chi connectivity index (χ4v) is 6.28. The Morgan fingerprint density at radius 1 is 0.717 bits per heavy atom. The Kier molecular flexibility index (Phi) is 10.4. The molecular weight excluding hydrogens is 574 g/mol. The maximum absolute atomic E-state index is 12.8. The molecule has 9 nitrogen and oxygen atoms in total. The Morgan fingerprint density at radius 2 is 1.33 bits per heavy atom. The molecule has 0 bridgehead atoms. The Hall–Kier alpha value is -4.92. The van der Waals surface area contributed by atoms with Crippen molar-refractivity contribution in [1.82, 2.24) is 15.8 Å². The molecule has 238 valence electrons. The SMILES string of the molecule is O=C(CCCc1cc2cc(C(=O)NN=Cc3cccc(N4CCCCC4)c3)ccc2[nH]1)NN=Cc1cccc(N2CCCCC2)c1. The fourth-order valence-electron chi connectivity index (χ4n) is 6.28. The Morgan fingerprint density at radius 3 is 1.96 bits per heavy atom. The highest BCUT2D eigenvalue weighted by atomic mass is 16.2. The number of anilines is 2. The Balaban J connectivity index is 0.954. The molecule has 0 spiro atoms. The minimum atomic E-state index is -0.261. The zero-order chi connectivity index (χ0) is 31.6. The van der Waals surface area contributed by atoms with Gasteiger partial charge in [0.1, 0.15) is 0 Å². The van der Waals surface area contributed by atoms with Crippen molar-refractivity contribution in [2.45, 2.75) is 57.8 Å². The van der Waals surface area contributed by atoms with E-state index in [9.17, 15) is 9.59 Å². The molecule has 3 N–H and O–H groups in total. The molecule has 2 aliphatic heterocycles. The number of amides is 2. The molecule has 9 heteroatoms. The third kappa shape index (κ3) is 8.41. The van der Waals surface area contributed by atoms with Crippen molar-refractivity contribution in [2.24, 2.45) is 10.2 Å². The average Bonchev–Trinajstić information content (AvgIpc) is 3.51. The first kappa shape index (κ1) is 31.1. The van der Waals surface area contributed by atoms with E-state index in [2.05, 4.69) is 60.1 Å². The molecule has 0 radical (unpaired) electrons. The lowest BCUT2D eigenvalue weighted by Gasteiger charge is -2.28. The van der Waals surface area contributed by atoms with Crippen LogP contribution in [0.15, 0.2) is 83.0 Å². The summed E-state index contributed by atoms with van der Waals surface area (Å²) in [5.41, 5.74) is 12.1. The van der Waals surface area contributed by atoms with E-state index in [0.29, 0.717) is 24.8 Å². The molecule has 0 atom stereocenters. The van der Waals surface area contributed by atoms with Gasteiger partial charge in [0.15, 0.2) is 0 Å². The summed E-state index contributed by atoms with van der Waals surface area (Å²) in [6.45, 7) is 4.35. The van der Waals surface area contributed by atoms with Crippen LogP contribution in [-0.4, -0.2) is 55.4 Å². The summed E-state index contributed by atoms with van der Waals surface area (Å²) in [6.07, 6.45) is 12.7. The van der Waals surface area contributed by atoms with Gasteiger partial charge >= 0.3 is 0 Å². The molecule has 2 saturated heterocycles. The van der Waals surface area contributed by atoms with Gasteiger partial charge in [-0.15, -0.1) is 0 Å². The topological polar surface area (TPSA) is 105 Å². The molecule has 0 unspecified atom stereocenters. The summed E-state index contributed by atoms with van der Waals surface area (Å²) in [7, 11) is 0. The van der Waals surface area contributed by atoms with Gasteiger partial charge in [0, 0.05) is 66.1 Å². The van der Waals surface area contributed by atoms with Crippen molar-refractivity contribution in [3.05, 3.63) is 95.2 Å². The number of aromatic amines is 1. The predicted molar refractivity (Wildman–Crippen MR) is 187 cm³/mol. The normalized spacial score (nSPS) is 15.6. The van der Waals surface area contributed by atoms with Crippen molar-refractivity contribution >= 4 is 46.5 Å². The number of benzene rings is 3. The number of H-pyrrole nitrogens is 1. The molecular formula is C37H43N7O2. The number of hydrazone groups is 2. The van der Waals surface area contributed by atoms with Crippen LogP contribution in [0.4, 0.5) is 11.4 Å². The summed E-state index contributed by atoms with van der Waals surface area (Å²) in [4.78, 5) is 33.4.